The molecule has 0 fully saturated rings. The standard InChI is InChI=1S/C13H28O/c1-7-12(4,5)8-9-13(6,10-14)11(2)3/h11,14H,7-10H2,1-6H3. The first kappa shape index (κ1) is 14.0. The Hall–Kier alpha value is -0.0400. The van der Waals surface area contributed by atoms with Gasteiger partial charge in [0.15, 0.2) is 0 Å². The van der Waals surface area contributed by atoms with Crippen LogP contribution >= 0.6 is 0 Å². The summed E-state index contributed by atoms with van der Waals surface area (Å²) in [6, 6.07) is 0. The second kappa shape index (κ2) is 5.16. The third kappa shape index (κ3) is 4.00. The molecule has 0 aliphatic rings. The largest absolute Gasteiger partial charge is 0.396 e. The Morgan fingerprint density at radius 2 is 1.57 bits per heavy atom. The van der Waals surface area contributed by atoms with Crippen LogP contribution in [-0.2, 0) is 0 Å². The van der Waals surface area contributed by atoms with E-state index < -0.39 is 0 Å². The normalized spacial score (nSPS) is 17.1. The summed E-state index contributed by atoms with van der Waals surface area (Å²) in [4.78, 5) is 0. The number of rotatable bonds is 6. The lowest BCUT2D eigenvalue weighted by Gasteiger charge is -2.35. The highest BCUT2D eigenvalue weighted by Gasteiger charge is 2.29. The Kier molecular flexibility index (Phi) is 5.14. The third-order valence-electron chi connectivity index (χ3n) is 4.09. The summed E-state index contributed by atoms with van der Waals surface area (Å²) in [5, 5.41) is 9.43. The van der Waals surface area contributed by atoms with Crippen molar-refractivity contribution in [3.05, 3.63) is 0 Å². The number of aliphatic hydroxyl groups excluding tert-OH is 1. The quantitative estimate of drug-likeness (QED) is 0.690. The van der Waals surface area contributed by atoms with Crippen molar-refractivity contribution in [1.82, 2.24) is 0 Å². The lowest BCUT2D eigenvalue weighted by molar-refractivity contribution is 0.0702. The van der Waals surface area contributed by atoms with E-state index in [1.807, 2.05) is 0 Å². The molecular weight excluding hydrogens is 172 g/mol. The molecule has 0 saturated heterocycles. The van der Waals surface area contributed by atoms with Gasteiger partial charge in [-0.2, -0.15) is 0 Å². The lowest BCUT2D eigenvalue weighted by atomic mass is 9.72. The van der Waals surface area contributed by atoms with Gasteiger partial charge in [0.1, 0.15) is 0 Å². The van der Waals surface area contributed by atoms with Crippen molar-refractivity contribution in [1.29, 1.82) is 0 Å². The van der Waals surface area contributed by atoms with E-state index in [9.17, 15) is 5.11 Å². The molecule has 0 radical (unpaired) electrons. The zero-order valence-electron chi connectivity index (χ0n) is 10.9. The van der Waals surface area contributed by atoms with Crippen molar-refractivity contribution < 1.29 is 5.11 Å². The van der Waals surface area contributed by atoms with Crippen LogP contribution in [0.25, 0.3) is 0 Å². The molecule has 0 spiro atoms. The second-order valence-corrected chi connectivity index (χ2v) is 5.98. The van der Waals surface area contributed by atoms with Crippen LogP contribution in [0.5, 0.6) is 0 Å². The van der Waals surface area contributed by atoms with Crippen LogP contribution in [0.4, 0.5) is 0 Å². The minimum absolute atomic E-state index is 0.104. The van der Waals surface area contributed by atoms with Gasteiger partial charge in [0.2, 0.25) is 0 Å². The van der Waals surface area contributed by atoms with Gasteiger partial charge in [0.05, 0.1) is 0 Å². The van der Waals surface area contributed by atoms with E-state index in [-0.39, 0.29) is 5.41 Å². The number of hydrogen-bond donors (Lipinski definition) is 1. The second-order valence-electron chi connectivity index (χ2n) is 5.98. The Bertz CT molecular complexity index is 161. The summed E-state index contributed by atoms with van der Waals surface area (Å²) in [6.07, 6.45) is 3.55. The highest BCUT2D eigenvalue weighted by molar-refractivity contribution is 4.80. The molecule has 0 aromatic rings. The molecule has 0 aromatic heterocycles. The lowest BCUT2D eigenvalue weighted by Crippen LogP contribution is -2.29. The van der Waals surface area contributed by atoms with E-state index in [0.717, 1.165) is 6.42 Å². The van der Waals surface area contributed by atoms with Crippen LogP contribution in [0, 0.1) is 16.7 Å². The SMILES string of the molecule is CCC(C)(C)CCC(C)(CO)C(C)C. The van der Waals surface area contributed by atoms with E-state index in [2.05, 4.69) is 41.5 Å². The summed E-state index contributed by atoms with van der Waals surface area (Å²) in [7, 11) is 0. The minimum Gasteiger partial charge on any atom is -0.396 e. The molecule has 0 heterocycles. The van der Waals surface area contributed by atoms with E-state index in [1.54, 1.807) is 0 Å². The summed E-state index contributed by atoms with van der Waals surface area (Å²) in [5.41, 5.74) is 0.526. The average Bonchev–Trinajstić information content (AvgIpc) is 2.14. The molecule has 1 atom stereocenters. The molecule has 0 aromatic carbocycles. The first-order chi connectivity index (χ1) is 6.27. The van der Waals surface area contributed by atoms with Crippen LogP contribution in [0.1, 0.15) is 60.8 Å². The van der Waals surface area contributed by atoms with Gasteiger partial charge >= 0.3 is 0 Å². The first-order valence-corrected chi connectivity index (χ1v) is 5.88. The van der Waals surface area contributed by atoms with E-state index in [0.29, 0.717) is 17.9 Å². The molecule has 0 rings (SSSR count). The van der Waals surface area contributed by atoms with Gasteiger partial charge < -0.3 is 5.11 Å². The average molecular weight is 200 g/mol. The van der Waals surface area contributed by atoms with Crippen molar-refractivity contribution in [2.75, 3.05) is 6.61 Å². The Balaban J connectivity index is 4.21. The van der Waals surface area contributed by atoms with Crippen LogP contribution in [0.3, 0.4) is 0 Å². The minimum atomic E-state index is 0.104. The molecule has 0 bridgehead atoms. The molecule has 1 nitrogen and oxygen atoms in total. The van der Waals surface area contributed by atoms with E-state index in [4.69, 9.17) is 0 Å². The third-order valence-corrected chi connectivity index (χ3v) is 4.09. The Morgan fingerprint density at radius 3 is 1.86 bits per heavy atom. The highest BCUT2D eigenvalue weighted by atomic mass is 16.3. The molecule has 1 N–H and O–H groups in total. The summed E-state index contributed by atoms with van der Waals surface area (Å²) in [6.45, 7) is 13.8. The predicted octanol–water partition coefficient (Wildman–Crippen LogP) is 3.86. The Labute approximate surface area is 89.9 Å². The van der Waals surface area contributed by atoms with Gasteiger partial charge in [-0.25, -0.2) is 0 Å². The van der Waals surface area contributed by atoms with Crippen molar-refractivity contribution in [2.24, 2.45) is 16.7 Å². The van der Waals surface area contributed by atoms with Crippen LogP contribution in [0.15, 0.2) is 0 Å². The Morgan fingerprint density at radius 1 is 1.07 bits per heavy atom. The molecule has 0 aliphatic carbocycles. The van der Waals surface area contributed by atoms with Crippen LogP contribution in [-0.4, -0.2) is 11.7 Å². The maximum Gasteiger partial charge on any atom is 0.0487 e. The molecule has 86 valence electrons. The summed E-state index contributed by atoms with van der Waals surface area (Å²) >= 11 is 0. The van der Waals surface area contributed by atoms with Gasteiger partial charge in [-0.05, 0) is 29.6 Å². The molecule has 1 unspecified atom stereocenters. The number of hydrogen-bond acceptors (Lipinski definition) is 1. The van der Waals surface area contributed by atoms with Crippen molar-refractivity contribution in [2.45, 2.75) is 60.8 Å². The van der Waals surface area contributed by atoms with Gasteiger partial charge in [0, 0.05) is 6.61 Å². The zero-order valence-corrected chi connectivity index (χ0v) is 10.9. The van der Waals surface area contributed by atoms with Crippen molar-refractivity contribution in [3.8, 4) is 0 Å². The number of aliphatic hydroxyl groups is 1. The van der Waals surface area contributed by atoms with Crippen molar-refractivity contribution >= 4 is 0 Å². The molecule has 0 saturated carbocycles. The molecule has 0 amide bonds. The van der Waals surface area contributed by atoms with E-state index in [1.165, 1.54) is 12.8 Å². The summed E-state index contributed by atoms with van der Waals surface area (Å²) in [5.74, 6) is 0.556. The molecular formula is C13H28O. The highest BCUT2D eigenvalue weighted by Crippen LogP contribution is 2.37. The maximum absolute atomic E-state index is 9.43. The van der Waals surface area contributed by atoms with Gasteiger partial charge in [0.25, 0.3) is 0 Å². The van der Waals surface area contributed by atoms with Crippen LogP contribution in [0.2, 0.25) is 0 Å². The summed E-state index contributed by atoms with van der Waals surface area (Å²) < 4.78 is 0. The topological polar surface area (TPSA) is 20.2 Å². The van der Waals surface area contributed by atoms with Crippen molar-refractivity contribution in [3.63, 3.8) is 0 Å². The predicted molar refractivity (Wildman–Crippen MR) is 63.3 cm³/mol. The van der Waals surface area contributed by atoms with Gasteiger partial charge in [-0.1, -0.05) is 48.0 Å². The van der Waals surface area contributed by atoms with Gasteiger partial charge in [-0.15, -0.1) is 0 Å². The van der Waals surface area contributed by atoms with Crippen LogP contribution < -0.4 is 0 Å². The monoisotopic (exact) mass is 200 g/mol. The fraction of sp³-hybridized carbons (Fsp3) is 1.00. The maximum atomic E-state index is 9.43. The fourth-order valence-electron chi connectivity index (χ4n) is 1.35. The first-order valence-electron chi connectivity index (χ1n) is 5.88. The molecule has 14 heavy (non-hydrogen) atoms. The fourth-order valence-corrected chi connectivity index (χ4v) is 1.35. The smallest absolute Gasteiger partial charge is 0.0487 e. The van der Waals surface area contributed by atoms with E-state index >= 15 is 0 Å². The zero-order chi connectivity index (χ0) is 11.4. The van der Waals surface area contributed by atoms with Gasteiger partial charge in [-0.3, -0.25) is 0 Å². The molecule has 1 heteroatoms. The molecule has 0 aliphatic heterocycles.